The molecule has 45 heavy (non-hydrogen) atoms. The fraction of sp³-hybridized carbons (Fsp3) is 0.258. The Balaban J connectivity index is 1.10. The number of aromatic amines is 1. The first-order valence-electron chi connectivity index (χ1n) is 14.3. The minimum Gasteiger partial charge on any atom is -0.387 e. The molecule has 5 aromatic rings. The normalized spacial score (nSPS) is 12.5. The lowest BCUT2D eigenvalue weighted by atomic mass is 9.99. The Hall–Kier alpha value is -4.92. The van der Waals surface area contributed by atoms with Crippen LogP contribution in [0.15, 0.2) is 96.3 Å². The summed E-state index contributed by atoms with van der Waals surface area (Å²) in [4.78, 5) is 17.1. The number of H-pyrrole nitrogens is 1. The van der Waals surface area contributed by atoms with Crippen LogP contribution in [0.2, 0.25) is 0 Å². The molecule has 0 radical (unpaired) electrons. The third-order valence-corrected chi connectivity index (χ3v) is 8.62. The summed E-state index contributed by atoms with van der Waals surface area (Å²) in [6.45, 7) is 5.27. The van der Waals surface area contributed by atoms with Gasteiger partial charge in [0.2, 0.25) is 0 Å². The fourth-order valence-corrected chi connectivity index (χ4v) is 5.62. The van der Waals surface area contributed by atoms with Gasteiger partial charge in [0, 0.05) is 41.6 Å². The van der Waals surface area contributed by atoms with Crippen molar-refractivity contribution in [2.75, 3.05) is 11.3 Å². The molecule has 0 saturated carbocycles. The van der Waals surface area contributed by atoms with E-state index in [4.69, 9.17) is 0 Å². The van der Waals surface area contributed by atoms with Gasteiger partial charge >= 0.3 is 0 Å². The van der Waals surface area contributed by atoms with Crippen molar-refractivity contribution in [3.8, 4) is 11.3 Å². The van der Waals surface area contributed by atoms with E-state index in [-0.39, 0.29) is 29.4 Å². The number of carbonyl (C=O) groups excluding carboxylic acids is 1. The second kappa shape index (κ2) is 13.8. The van der Waals surface area contributed by atoms with Crippen molar-refractivity contribution in [1.29, 1.82) is 0 Å². The van der Waals surface area contributed by atoms with E-state index in [1.165, 1.54) is 12.1 Å². The maximum Gasteiger partial charge on any atom is 0.261 e. The molecule has 1 amide bonds. The Morgan fingerprint density at radius 1 is 1.04 bits per heavy atom. The highest BCUT2D eigenvalue weighted by molar-refractivity contribution is 7.92. The van der Waals surface area contributed by atoms with Gasteiger partial charge in [-0.2, -0.15) is 5.21 Å². The first-order valence-corrected chi connectivity index (χ1v) is 15.8. The summed E-state index contributed by atoms with van der Waals surface area (Å²) in [6, 6.07) is 22.1. The molecule has 2 heterocycles. The van der Waals surface area contributed by atoms with Crippen molar-refractivity contribution in [2.45, 2.75) is 49.9 Å². The highest BCUT2D eigenvalue weighted by atomic mass is 32.2. The maximum absolute atomic E-state index is 12.7. The largest absolute Gasteiger partial charge is 0.387 e. The number of hydrogen-bond donors (Lipinski definition) is 5. The van der Waals surface area contributed by atoms with E-state index in [1.807, 2.05) is 22.9 Å². The second-order valence-corrected chi connectivity index (χ2v) is 12.8. The molecule has 14 heteroatoms. The van der Waals surface area contributed by atoms with Crippen LogP contribution in [0.5, 0.6) is 0 Å². The van der Waals surface area contributed by atoms with E-state index in [9.17, 15) is 18.3 Å². The van der Waals surface area contributed by atoms with E-state index in [2.05, 4.69) is 54.8 Å². The van der Waals surface area contributed by atoms with Crippen LogP contribution in [0.1, 0.15) is 48.1 Å². The molecule has 0 unspecified atom stereocenters. The fourth-order valence-electron chi connectivity index (χ4n) is 4.55. The number of aliphatic hydroxyl groups excluding tert-OH is 1. The van der Waals surface area contributed by atoms with Crippen LogP contribution >= 0.6 is 0 Å². The summed E-state index contributed by atoms with van der Waals surface area (Å²) < 4.78 is 30.0. The lowest BCUT2D eigenvalue weighted by Crippen LogP contribution is -2.42. The Kier molecular flexibility index (Phi) is 9.66. The van der Waals surface area contributed by atoms with E-state index in [0.717, 1.165) is 17.7 Å². The number of rotatable bonds is 14. The number of tetrazole rings is 1. The van der Waals surface area contributed by atoms with Crippen molar-refractivity contribution in [3.63, 3.8) is 0 Å². The summed E-state index contributed by atoms with van der Waals surface area (Å²) in [6.07, 6.45) is 3.65. The third kappa shape index (κ3) is 8.59. The maximum atomic E-state index is 12.7. The van der Waals surface area contributed by atoms with Gasteiger partial charge in [0.1, 0.15) is 0 Å². The summed E-state index contributed by atoms with van der Waals surface area (Å²) >= 11 is 0. The van der Waals surface area contributed by atoms with Crippen molar-refractivity contribution >= 4 is 21.6 Å². The van der Waals surface area contributed by atoms with Crippen molar-refractivity contribution in [2.24, 2.45) is 0 Å². The Morgan fingerprint density at radius 3 is 2.56 bits per heavy atom. The molecule has 0 fully saturated rings. The van der Waals surface area contributed by atoms with Gasteiger partial charge in [0.25, 0.3) is 15.9 Å². The topological polar surface area (TPSA) is 180 Å². The average Bonchev–Trinajstić information content (AvgIpc) is 3.75. The van der Waals surface area contributed by atoms with E-state index in [0.29, 0.717) is 29.2 Å². The molecule has 13 nitrogen and oxygen atoms in total. The molecule has 0 aliphatic rings. The Labute approximate surface area is 261 Å². The average molecular weight is 630 g/mol. The van der Waals surface area contributed by atoms with Gasteiger partial charge in [-0.1, -0.05) is 47.7 Å². The highest BCUT2D eigenvalue weighted by Crippen LogP contribution is 2.22. The smallest absolute Gasteiger partial charge is 0.261 e. The first-order chi connectivity index (χ1) is 21.6. The van der Waals surface area contributed by atoms with Crippen LogP contribution in [0.3, 0.4) is 0 Å². The number of nitrogens with zero attached hydrogens (tertiary/aromatic N) is 5. The van der Waals surface area contributed by atoms with E-state index in [1.54, 1.807) is 60.9 Å². The van der Waals surface area contributed by atoms with Crippen molar-refractivity contribution in [3.05, 3.63) is 108 Å². The van der Waals surface area contributed by atoms with Gasteiger partial charge in [-0.15, -0.1) is 10.2 Å². The molecule has 234 valence electrons. The molecular weight excluding hydrogens is 594 g/mol. The number of aryl methyl sites for hydroxylation is 1. The molecule has 3 aromatic carbocycles. The first kappa shape index (κ1) is 31.5. The number of carbonyl (C=O) groups is 1. The summed E-state index contributed by atoms with van der Waals surface area (Å²) in [7, 11) is -3.73. The molecule has 0 bridgehead atoms. The van der Waals surface area contributed by atoms with Crippen molar-refractivity contribution < 1.29 is 18.3 Å². The zero-order valence-corrected chi connectivity index (χ0v) is 25.7. The molecular formula is C31H35N9O4S. The second-order valence-electron chi connectivity index (χ2n) is 11.2. The number of sulfonamides is 1. The predicted octanol–water partition coefficient (Wildman–Crippen LogP) is 3.29. The molecule has 5 rings (SSSR count). The number of aromatic nitrogens is 6. The summed E-state index contributed by atoms with van der Waals surface area (Å²) in [5, 5.41) is 30.5. The number of nitrogens with one attached hydrogen (secondary N) is 4. The minimum absolute atomic E-state index is 0.167. The zero-order chi connectivity index (χ0) is 31.9. The van der Waals surface area contributed by atoms with Crippen LogP contribution in [0.4, 0.5) is 5.69 Å². The SMILES string of the molecule is CC(C)(CCn1cnc(-c2ccc(C(=O)NCc3nn[nH]n3)cc2)c1)NC[C@H](O)c1cccc(NS(=O)(=O)c2ccccc2)c1. The number of benzene rings is 3. The number of β-amino-alcohol motifs (C(OH)–C–C–N with tert-alkyl or cyclic N) is 1. The van der Waals surface area contributed by atoms with Crippen molar-refractivity contribution in [1.82, 2.24) is 40.8 Å². The van der Waals surface area contributed by atoms with Gasteiger partial charge in [0.15, 0.2) is 5.82 Å². The summed E-state index contributed by atoms with van der Waals surface area (Å²) in [5.74, 6) is 0.161. The van der Waals surface area contributed by atoms with Gasteiger partial charge in [0.05, 0.1) is 29.6 Å². The number of hydrogen-bond acceptors (Lipinski definition) is 9. The molecule has 1 atom stereocenters. The number of anilines is 1. The van der Waals surface area contributed by atoms with Crippen LogP contribution < -0.4 is 15.4 Å². The van der Waals surface area contributed by atoms with Gasteiger partial charge in [-0.3, -0.25) is 9.52 Å². The van der Waals surface area contributed by atoms with Gasteiger partial charge < -0.3 is 20.3 Å². The Morgan fingerprint density at radius 2 is 1.82 bits per heavy atom. The van der Waals surface area contributed by atoms with Crippen LogP contribution in [0.25, 0.3) is 11.3 Å². The van der Waals surface area contributed by atoms with Gasteiger partial charge in [-0.25, -0.2) is 13.4 Å². The van der Waals surface area contributed by atoms with Crippen LogP contribution in [-0.4, -0.2) is 61.7 Å². The third-order valence-electron chi connectivity index (χ3n) is 7.22. The van der Waals surface area contributed by atoms with Crippen LogP contribution in [-0.2, 0) is 23.1 Å². The lowest BCUT2D eigenvalue weighted by Gasteiger charge is -2.28. The van der Waals surface area contributed by atoms with E-state index < -0.39 is 16.1 Å². The molecule has 0 spiro atoms. The Bertz CT molecular complexity index is 1810. The zero-order valence-electron chi connectivity index (χ0n) is 24.9. The monoisotopic (exact) mass is 629 g/mol. The minimum atomic E-state index is -3.73. The predicted molar refractivity (Wildman–Crippen MR) is 168 cm³/mol. The van der Waals surface area contributed by atoms with E-state index >= 15 is 0 Å². The lowest BCUT2D eigenvalue weighted by molar-refractivity contribution is 0.0950. The molecule has 0 saturated heterocycles. The number of aliphatic hydroxyl groups is 1. The summed E-state index contributed by atoms with van der Waals surface area (Å²) in [5.41, 5.74) is 2.85. The molecule has 2 aromatic heterocycles. The highest BCUT2D eigenvalue weighted by Gasteiger charge is 2.20. The molecule has 0 aliphatic heterocycles. The van der Waals surface area contributed by atoms with Crippen LogP contribution in [0, 0.1) is 0 Å². The van der Waals surface area contributed by atoms with Gasteiger partial charge in [-0.05, 0) is 62.2 Å². The standard InChI is InChI=1S/C31H35N9O4S/c1-31(2,34-18-28(41)24-7-6-8-25(17-24)37-45(43,44)26-9-4-3-5-10-26)15-16-40-20-27(33-21-40)22-11-13-23(14-12-22)30(42)32-19-29-35-38-39-36-29/h3-14,17,20-21,28,34,37,41H,15-16,18-19H2,1-2H3,(H,32,42)(H,35,36,38,39)/t28-/m0/s1. The quantitative estimate of drug-likeness (QED) is 0.123. The number of imidazole rings is 1. The molecule has 0 aliphatic carbocycles. The molecule has 5 N–H and O–H groups in total. The number of amides is 1.